The van der Waals surface area contributed by atoms with Crippen LogP contribution >= 0.6 is 11.6 Å². The van der Waals surface area contributed by atoms with Gasteiger partial charge in [0.2, 0.25) is 0 Å². The Bertz CT molecular complexity index is 538. The number of nitrogens with zero attached hydrogens (tertiary/aromatic N) is 3. The quantitative estimate of drug-likeness (QED) is 0.760. The fraction of sp³-hybridized carbons (Fsp3) is 0.250. The normalized spacial score (nSPS) is 10.5. The van der Waals surface area contributed by atoms with Gasteiger partial charge >= 0.3 is 0 Å². The molecule has 16 heavy (non-hydrogen) atoms. The number of hydrogen-bond donors (Lipinski definition) is 0. The molecule has 0 spiro atoms. The zero-order valence-corrected chi connectivity index (χ0v) is 10.2. The highest BCUT2D eigenvalue weighted by Crippen LogP contribution is 2.28. The van der Waals surface area contributed by atoms with E-state index < -0.39 is 0 Å². The summed E-state index contributed by atoms with van der Waals surface area (Å²) in [7, 11) is 0. The fourth-order valence-electron chi connectivity index (χ4n) is 1.64. The van der Waals surface area contributed by atoms with Gasteiger partial charge in [0.25, 0.3) is 0 Å². The molecule has 0 fully saturated rings. The van der Waals surface area contributed by atoms with Crippen molar-refractivity contribution in [3.05, 3.63) is 40.3 Å². The Labute approximate surface area is 99.5 Å². The summed E-state index contributed by atoms with van der Waals surface area (Å²) in [5.74, 6) is 0. The number of aromatic nitrogens is 3. The Balaban J connectivity index is 2.66. The molecule has 0 unspecified atom stereocenters. The first-order valence-electron chi connectivity index (χ1n) is 5.01. The maximum absolute atomic E-state index is 6.01. The van der Waals surface area contributed by atoms with E-state index in [-0.39, 0.29) is 0 Å². The molecule has 0 aliphatic carbocycles. The van der Waals surface area contributed by atoms with Gasteiger partial charge in [-0.1, -0.05) is 23.7 Å². The van der Waals surface area contributed by atoms with Gasteiger partial charge in [-0.15, -0.1) is 10.2 Å². The van der Waals surface area contributed by atoms with Crippen LogP contribution in [0.4, 0.5) is 0 Å². The van der Waals surface area contributed by atoms with E-state index >= 15 is 0 Å². The summed E-state index contributed by atoms with van der Waals surface area (Å²) in [5.41, 5.74) is 5.32. The lowest BCUT2D eigenvalue weighted by Crippen LogP contribution is -1.96. The highest BCUT2D eigenvalue weighted by Gasteiger charge is 2.11. The second-order valence-corrected chi connectivity index (χ2v) is 4.14. The Kier molecular flexibility index (Phi) is 2.88. The first-order valence-corrected chi connectivity index (χ1v) is 5.39. The fourth-order valence-corrected chi connectivity index (χ4v) is 1.82. The van der Waals surface area contributed by atoms with Gasteiger partial charge in [-0.3, -0.25) is 0 Å². The van der Waals surface area contributed by atoms with Crippen LogP contribution in [0.5, 0.6) is 0 Å². The number of benzene rings is 1. The minimum Gasteiger partial charge on any atom is -0.220 e. The number of hydrogen-bond acceptors (Lipinski definition) is 3. The third-order valence-electron chi connectivity index (χ3n) is 2.89. The van der Waals surface area contributed by atoms with Crippen molar-refractivity contribution in [1.29, 1.82) is 0 Å². The van der Waals surface area contributed by atoms with Crippen LogP contribution in [0, 0.1) is 20.8 Å². The maximum Gasteiger partial charge on any atom is 0.159 e. The molecule has 0 aliphatic heterocycles. The molecular weight excluding hydrogens is 222 g/mol. The number of aryl methyl sites for hydroxylation is 1. The molecule has 0 saturated carbocycles. The van der Waals surface area contributed by atoms with Crippen LogP contribution in [0.25, 0.3) is 11.3 Å². The maximum atomic E-state index is 6.01. The molecule has 0 atom stereocenters. The van der Waals surface area contributed by atoms with Crippen LogP contribution in [0.1, 0.15) is 16.7 Å². The molecule has 0 saturated heterocycles. The molecule has 1 heterocycles. The molecule has 1 aromatic heterocycles. The van der Waals surface area contributed by atoms with E-state index in [1.807, 2.05) is 6.07 Å². The standard InChI is InChI=1S/C12H12ClN3/c1-7-4-5-10(9(3)8(7)2)11-12(13)14-6-15-16-11/h4-6H,1-3H3. The summed E-state index contributed by atoms with van der Waals surface area (Å²) in [5, 5.41) is 8.20. The van der Waals surface area contributed by atoms with Crippen LogP contribution in [-0.4, -0.2) is 15.2 Å². The predicted octanol–water partition coefficient (Wildman–Crippen LogP) is 3.12. The second kappa shape index (κ2) is 4.18. The third-order valence-corrected chi connectivity index (χ3v) is 3.17. The highest BCUT2D eigenvalue weighted by molar-refractivity contribution is 6.31. The van der Waals surface area contributed by atoms with Crippen LogP contribution in [0.2, 0.25) is 5.15 Å². The van der Waals surface area contributed by atoms with Crippen molar-refractivity contribution < 1.29 is 0 Å². The summed E-state index contributed by atoms with van der Waals surface area (Å²) in [6.07, 6.45) is 1.35. The monoisotopic (exact) mass is 233 g/mol. The van der Waals surface area contributed by atoms with Gasteiger partial charge in [-0.05, 0) is 37.5 Å². The van der Waals surface area contributed by atoms with Gasteiger partial charge in [-0.25, -0.2) is 4.98 Å². The summed E-state index contributed by atoms with van der Waals surface area (Å²) < 4.78 is 0. The van der Waals surface area contributed by atoms with Gasteiger partial charge in [0, 0.05) is 5.56 Å². The lowest BCUT2D eigenvalue weighted by Gasteiger charge is -2.10. The lowest BCUT2D eigenvalue weighted by atomic mass is 9.97. The van der Waals surface area contributed by atoms with Crippen LogP contribution < -0.4 is 0 Å². The Morgan fingerprint density at radius 1 is 1.06 bits per heavy atom. The van der Waals surface area contributed by atoms with Crippen molar-refractivity contribution in [1.82, 2.24) is 15.2 Å². The lowest BCUT2D eigenvalue weighted by molar-refractivity contribution is 0.974. The van der Waals surface area contributed by atoms with Crippen LogP contribution in [-0.2, 0) is 0 Å². The molecule has 0 amide bonds. The molecular formula is C12H12ClN3. The minimum absolute atomic E-state index is 0.390. The first kappa shape index (κ1) is 11.0. The zero-order chi connectivity index (χ0) is 11.7. The molecule has 0 bridgehead atoms. The van der Waals surface area contributed by atoms with Crippen LogP contribution in [0.15, 0.2) is 18.5 Å². The van der Waals surface area contributed by atoms with E-state index in [4.69, 9.17) is 11.6 Å². The largest absolute Gasteiger partial charge is 0.220 e. The third kappa shape index (κ3) is 1.78. The van der Waals surface area contributed by atoms with Crippen LogP contribution in [0.3, 0.4) is 0 Å². The van der Waals surface area contributed by atoms with Gasteiger partial charge in [-0.2, -0.15) is 0 Å². The molecule has 2 rings (SSSR count). The number of rotatable bonds is 1. The van der Waals surface area contributed by atoms with E-state index in [0.29, 0.717) is 10.8 Å². The molecule has 3 nitrogen and oxygen atoms in total. The molecule has 82 valence electrons. The van der Waals surface area contributed by atoms with E-state index in [0.717, 1.165) is 5.56 Å². The SMILES string of the molecule is Cc1ccc(-c2nncnc2Cl)c(C)c1C. The molecule has 0 radical (unpaired) electrons. The minimum atomic E-state index is 0.390. The summed E-state index contributed by atoms with van der Waals surface area (Å²) >= 11 is 6.01. The van der Waals surface area contributed by atoms with Crippen molar-refractivity contribution in [3.8, 4) is 11.3 Å². The van der Waals surface area contributed by atoms with Crippen molar-refractivity contribution in [2.24, 2.45) is 0 Å². The van der Waals surface area contributed by atoms with E-state index in [9.17, 15) is 0 Å². The summed E-state index contributed by atoms with van der Waals surface area (Å²) in [6, 6.07) is 4.07. The first-order chi connectivity index (χ1) is 7.61. The van der Waals surface area contributed by atoms with Crippen molar-refractivity contribution >= 4 is 11.6 Å². The molecule has 1 aromatic carbocycles. The van der Waals surface area contributed by atoms with Gasteiger partial charge in [0.15, 0.2) is 5.15 Å². The average Bonchev–Trinajstić information content (AvgIpc) is 2.28. The molecule has 2 aromatic rings. The van der Waals surface area contributed by atoms with Gasteiger partial charge in [0.05, 0.1) is 0 Å². The van der Waals surface area contributed by atoms with Crippen molar-refractivity contribution in [2.75, 3.05) is 0 Å². The molecule has 4 heteroatoms. The zero-order valence-electron chi connectivity index (χ0n) is 9.45. The van der Waals surface area contributed by atoms with Gasteiger partial charge < -0.3 is 0 Å². The van der Waals surface area contributed by atoms with Crippen molar-refractivity contribution in [2.45, 2.75) is 20.8 Å². The Morgan fingerprint density at radius 3 is 2.50 bits per heavy atom. The van der Waals surface area contributed by atoms with E-state index in [1.54, 1.807) is 0 Å². The smallest absolute Gasteiger partial charge is 0.159 e. The predicted molar refractivity (Wildman–Crippen MR) is 64.5 cm³/mol. The molecule has 0 N–H and O–H groups in total. The number of halogens is 1. The Morgan fingerprint density at radius 2 is 1.81 bits per heavy atom. The van der Waals surface area contributed by atoms with Crippen molar-refractivity contribution in [3.63, 3.8) is 0 Å². The second-order valence-electron chi connectivity index (χ2n) is 3.78. The highest BCUT2D eigenvalue weighted by atomic mass is 35.5. The summed E-state index contributed by atoms with van der Waals surface area (Å²) in [6.45, 7) is 6.23. The average molecular weight is 234 g/mol. The topological polar surface area (TPSA) is 38.7 Å². The van der Waals surface area contributed by atoms with E-state index in [2.05, 4.69) is 42.0 Å². The molecule has 0 aliphatic rings. The Hall–Kier alpha value is -1.48. The van der Waals surface area contributed by atoms with Gasteiger partial charge in [0.1, 0.15) is 12.0 Å². The van der Waals surface area contributed by atoms with E-state index in [1.165, 1.54) is 23.0 Å². The summed E-state index contributed by atoms with van der Waals surface area (Å²) in [4.78, 5) is 3.94.